The summed E-state index contributed by atoms with van der Waals surface area (Å²) in [5.41, 5.74) is 3.85. The number of aromatic nitrogens is 3. The van der Waals surface area contributed by atoms with Crippen molar-refractivity contribution in [3.63, 3.8) is 0 Å². The first-order valence-electron chi connectivity index (χ1n) is 10.5. The Morgan fingerprint density at radius 3 is 2.32 bits per heavy atom. The molecule has 2 amide bonds. The second kappa shape index (κ2) is 8.49. The maximum absolute atomic E-state index is 13.0. The Balaban J connectivity index is 1.75. The first-order chi connectivity index (χ1) is 14.5. The minimum Gasteiger partial charge on any atom is -0.340 e. The van der Waals surface area contributed by atoms with Gasteiger partial charge in [0.15, 0.2) is 5.65 Å². The highest BCUT2D eigenvalue weighted by molar-refractivity contribution is 6.01. The minimum absolute atomic E-state index is 0.0110. The van der Waals surface area contributed by atoms with E-state index in [1.54, 1.807) is 23.0 Å². The molecule has 3 aromatic rings. The third-order valence-electron chi connectivity index (χ3n) is 5.38. The van der Waals surface area contributed by atoms with Crippen LogP contribution in [0.1, 0.15) is 56.2 Å². The van der Waals surface area contributed by atoms with Crippen LogP contribution >= 0.6 is 0 Å². The number of pyridine rings is 1. The van der Waals surface area contributed by atoms with Crippen molar-refractivity contribution in [2.75, 3.05) is 5.32 Å². The molecule has 0 aliphatic carbocycles. The SMILES string of the molecule is Cc1nn(C)c2ncc(NC(=O)C(NC(=O)c3ccc(C(C)(C)C)cc3)C(C)C)cc12. The van der Waals surface area contributed by atoms with Crippen molar-refractivity contribution in [2.45, 2.75) is 53.0 Å². The summed E-state index contributed by atoms with van der Waals surface area (Å²) in [6.07, 6.45) is 1.60. The molecule has 2 aromatic heterocycles. The maximum Gasteiger partial charge on any atom is 0.251 e. The van der Waals surface area contributed by atoms with Gasteiger partial charge in [0.2, 0.25) is 5.91 Å². The van der Waals surface area contributed by atoms with Gasteiger partial charge in [0.05, 0.1) is 17.6 Å². The smallest absolute Gasteiger partial charge is 0.251 e. The molecule has 2 N–H and O–H groups in total. The van der Waals surface area contributed by atoms with Crippen molar-refractivity contribution in [3.8, 4) is 0 Å². The van der Waals surface area contributed by atoms with E-state index in [1.807, 2.05) is 46.0 Å². The van der Waals surface area contributed by atoms with Crippen LogP contribution in [0.4, 0.5) is 5.69 Å². The Bertz CT molecular complexity index is 1110. The third-order valence-corrected chi connectivity index (χ3v) is 5.38. The highest BCUT2D eigenvalue weighted by Gasteiger charge is 2.25. The zero-order chi connectivity index (χ0) is 22.9. The third kappa shape index (κ3) is 4.93. The molecule has 1 unspecified atom stereocenters. The Morgan fingerprint density at radius 1 is 1.10 bits per heavy atom. The predicted octanol–water partition coefficient (Wildman–Crippen LogP) is 3.97. The van der Waals surface area contributed by atoms with E-state index >= 15 is 0 Å². The van der Waals surface area contributed by atoms with Gasteiger partial charge in [-0.2, -0.15) is 5.10 Å². The van der Waals surface area contributed by atoms with Gasteiger partial charge < -0.3 is 10.6 Å². The molecule has 1 atom stereocenters. The van der Waals surface area contributed by atoms with Crippen molar-refractivity contribution in [3.05, 3.63) is 53.3 Å². The normalized spacial score (nSPS) is 12.8. The number of hydrogen-bond donors (Lipinski definition) is 2. The van der Waals surface area contributed by atoms with Crippen LogP contribution in [0.5, 0.6) is 0 Å². The zero-order valence-electron chi connectivity index (χ0n) is 19.3. The first kappa shape index (κ1) is 22.5. The van der Waals surface area contributed by atoms with E-state index in [2.05, 4.69) is 41.5 Å². The van der Waals surface area contributed by atoms with Gasteiger partial charge in [-0.15, -0.1) is 0 Å². The Hall–Kier alpha value is -3.22. The Morgan fingerprint density at radius 2 is 1.74 bits per heavy atom. The summed E-state index contributed by atoms with van der Waals surface area (Å²) in [5.74, 6) is -0.641. The quantitative estimate of drug-likeness (QED) is 0.652. The molecular weight excluding hydrogens is 390 g/mol. The number of amides is 2. The van der Waals surface area contributed by atoms with E-state index in [-0.39, 0.29) is 23.1 Å². The lowest BCUT2D eigenvalue weighted by Gasteiger charge is -2.22. The number of nitrogens with one attached hydrogen (secondary N) is 2. The van der Waals surface area contributed by atoms with Crippen LogP contribution in [-0.4, -0.2) is 32.6 Å². The number of anilines is 1. The Kier molecular flexibility index (Phi) is 6.15. The second-order valence-electron chi connectivity index (χ2n) is 9.32. The number of rotatable bonds is 5. The molecule has 0 spiro atoms. The molecule has 2 heterocycles. The standard InChI is InChI=1S/C24H31N5O2/c1-14(2)20(27-22(30)16-8-10-17(11-9-16)24(4,5)6)23(31)26-18-12-19-15(3)28-29(7)21(19)25-13-18/h8-14,20H,1-7H3,(H,26,31)(H,27,30). The molecule has 164 valence electrons. The molecule has 0 aliphatic rings. The van der Waals surface area contributed by atoms with Crippen molar-refractivity contribution >= 4 is 28.5 Å². The van der Waals surface area contributed by atoms with Gasteiger partial charge in [-0.1, -0.05) is 46.8 Å². The number of nitrogens with zero attached hydrogens (tertiary/aromatic N) is 3. The van der Waals surface area contributed by atoms with E-state index in [1.165, 1.54) is 0 Å². The van der Waals surface area contributed by atoms with Crippen molar-refractivity contribution in [1.82, 2.24) is 20.1 Å². The van der Waals surface area contributed by atoms with Gasteiger partial charge in [0.25, 0.3) is 5.91 Å². The average molecular weight is 422 g/mol. The highest BCUT2D eigenvalue weighted by atomic mass is 16.2. The molecule has 7 nitrogen and oxygen atoms in total. The molecule has 7 heteroatoms. The van der Waals surface area contributed by atoms with E-state index in [9.17, 15) is 9.59 Å². The minimum atomic E-state index is -0.680. The van der Waals surface area contributed by atoms with Crippen molar-refractivity contribution < 1.29 is 9.59 Å². The number of fused-ring (bicyclic) bond motifs is 1. The van der Waals surface area contributed by atoms with Crippen LogP contribution in [-0.2, 0) is 17.3 Å². The lowest BCUT2D eigenvalue weighted by atomic mass is 9.86. The number of carbonyl (C=O) groups excluding carboxylic acids is 2. The fourth-order valence-electron chi connectivity index (χ4n) is 3.48. The van der Waals surface area contributed by atoms with Gasteiger partial charge >= 0.3 is 0 Å². The molecule has 0 saturated carbocycles. The van der Waals surface area contributed by atoms with Gasteiger partial charge in [0, 0.05) is 18.0 Å². The monoisotopic (exact) mass is 421 g/mol. The topological polar surface area (TPSA) is 88.9 Å². The molecular formula is C24H31N5O2. The van der Waals surface area contributed by atoms with Crippen LogP contribution in [0.15, 0.2) is 36.5 Å². The molecule has 0 bridgehead atoms. The number of benzene rings is 1. The maximum atomic E-state index is 13.0. The predicted molar refractivity (Wildman–Crippen MR) is 123 cm³/mol. The van der Waals surface area contributed by atoms with Gasteiger partial charge in [-0.25, -0.2) is 4.98 Å². The van der Waals surface area contributed by atoms with Crippen LogP contribution in [0.3, 0.4) is 0 Å². The Labute approximate surface area is 183 Å². The van der Waals surface area contributed by atoms with E-state index in [4.69, 9.17) is 0 Å². The van der Waals surface area contributed by atoms with Crippen LogP contribution in [0.2, 0.25) is 0 Å². The number of hydrogen-bond acceptors (Lipinski definition) is 4. The molecule has 3 rings (SSSR count). The summed E-state index contributed by atoms with van der Waals surface area (Å²) in [6.45, 7) is 12.1. The summed E-state index contributed by atoms with van der Waals surface area (Å²) in [6, 6.07) is 8.68. The van der Waals surface area contributed by atoms with E-state index in [0.717, 1.165) is 22.3 Å². The van der Waals surface area contributed by atoms with Gasteiger partial charge in [0.1, 0.15) is 6.04 Å². The van der Waals surface area contributed by atoms with E-state index in [0.29, 0.717) is 11.3 Å². The molecule has 0 radical (unpaired) electrons. The lowest BCUT2D eigenvalue weighted by Crippen LogP contribution is -2.47. The summed E-state index contributed by atoms with van der Waals surface area (Å²) in [7, 11) is 1.83. The molecule has 0 aliphatic heterocycles. The summed E-state index contributed by atoms with van der Waals surface area (Å²) >= 11 is 0. The number of aryl methyl sites for hydroxylation is 2. The molecule has 0 fully saturated rings. The number of carbonyl (C=O) groups is 2. The fourth-order valence-corrected chi connectivity index (χ4v) is 3.48. The van der Waals surface area contributed by atoms with Crippen LogP contribution < -0.4 is 10.6 Å². The van der Waals surface area contributed by atoms with Crippen LogP contribution in [0.25, 0.3) is 11.0 Å². The van der Waals surface area contributed by atoms with Crippen LogP contribution in [0, 0.1) is 12.8 Å². The highest BCUT2D eigenvalue weighted by Crippen LogP contribution is 2.23. The van der Waals surface area contributed by atoms with Gasteiger partial charge in [-0.3, -0.25) is 14.3 Å². The van der Waals surface area contributed by atoms with Gasteiger partial charge in [-0.05, 0) is 42.0 Å². The summed E-state index contributed by atoms with van der Waals surface area (Å²) in [5, 5.41) is 11.0. The van der Waals surface area contributed by atoms with E-state index < -0.39 is 6.04 Å². The second-order valence-corrected chi connectivity index (χ2v) is 9.32. The average Bonchev–Trinajstić information content (AvgIpc) is 2.98. The lowest BCUT2D eigenvalue weighted by molar-refractivity contribution is -0.118. The molecule has 31 heavy (non-hydrogen) atoms. The van der Waals surface area contributed by atoms with Crippen molar-refractivity contribution in [2.24, 2.45) is 13.0 Å². The summed E-state index contributed by atoms with van der Waals surface area (Å²) < 4.78 is 1.71. The zero-order valence-corrected chi connectivity index (χ0v) is 19.3. The molecule has 0 saturated heterocycles. The largest absolute Gasteiger partial charge is 0.340 e. The first-order valence-corrected chi connectivity index (χ1v) is 10.5. The molecule has 1 aromatic carbocycles. The summed E-state index contributed by atoms with van der Waals surface area (Å²) in [4.78, 5) is 30.1. The fraction of sp³-hybridized carbons (Fsp3) is 0.417. The van der Waals surface area contributed by atoms with Crippen molar-refractivity contribution in [1.29, 1.82) is 0 Å².